The number of hydrogen-bond acceptors (Lipinski definition) is 26. The summed E-state index contributed by atoms with van der Waals surface area (Å²) < 4.78 is 97.2. The molecule has 0 spiro atoms. The molecule has 0 radical (unpaired) electrons. The maximum absolute atomic E-state index is 12.6. The number of rotatable bonds is 42. The van der Waals surface area contributed by atoms with Gasteiger partial charge in [-0.15, -0.1) is 0 Å². The third kappa shape index (κ3) is 30.5. The van der Waals surface area contributed by atoms with E-state index in [9.17, 15) is 19.2 Å². The van der Waals surface area contributed by atoms with Crippen molar-refractivity contribution in [1.29, 1.82) is 0 Å². The molecule has 0 saturated heterocycles. The van der Waals surface area contributed by atoms with Crippen LogP contribution < -0.4 is 107 Å². The van der Waals surface area contributed by atoms with Crippen LogP contribution in [0.2, 0.25) is 10.0 Å². The van der Waals surface area contributed by atoms with Crippen LogP contribution in [0.5, 0.6) is 103 Å². The van der Waals surface area contributed by atoms with Crippen LogP contribution in [0.1, 0.15) is 91.5 Å². The lowest BCUT2D eigenvalue weighted by atomic mass is 10.1. The summed E-state index contributed by atoms with van der Waals surface area (Å²) in [7, 11) is 28.4. The normalized spacial score (nSPS) is 10.9. The highest BCUT2D eigenvalue weighted by Crippen LogP contribution is 2.44. The highest BCUT2D eigenvalue weighted by molar-refractivity contribution is 6.31. The number of halogens is 2. The Hall–Kier alpha value is -16.6. The van der Waals surface area contributed by atoms with Crippen LogP contribution in [0.25, 0.3) is 48.6 Å². The van der Waals surface area contributed by atoms with Gasteiger partial charge in [-0.25, -0.2) is 0 Å². The van der Waals surface area contributed by atoms with Crippen molar-refractivity contribution in [3.8, 4) is 103 Å². The van der Waals surface area contributed by atoms with Crippen LogP contribution in [0.4, 0.5) is 22.7 Å². The molecule has 0 aliphatic heterocycles. The van der Waals surface area contributed by atoms with E-state index in [0.717, 1.165) is 61.4 Å². The van der Waals surface area contributed by atoms with Crippen molar-refractivity contribution in [2.45, 2.75) is 6.92 Å². The fourth-order valence-corrected chi connectivity index (χ4v) is 13.8. The van der Waals surface area contributed by atoms with Gasteiger partial charge in [-0.1, -0.05) is 138 Å². The van der Waals surface area contributed by atoms with Crippen LogP contribution in [-0.4, -0.2) is 151 Å². The fourth-order valence-electron chi connectivity index (χ4n) is 13.5. The average molecular weight is 1930 g/mol. The first-order chi connectivity index (χ1) is 67.4. The van der Waals surface area contributed by atoms with E-state index >= 15 is 0 Å². The third-order valence-electron chi connectivity index (χ3n) is 20.7. The molecule has 0 atom stereocenters. The second-order valence-corrected chi connectivity index (χ2v) is 30.2. The van der Waals surface area contributed by atoms with Crippen LogP contribution in [0.15, 0.2) is 261 Å². The van der Waals surface area contributed by atoms with Crippen LogP contribution >= 0.6 is 23.2 Å². The molecule has 26 nitrogen and oxygen atoms in total. The number of carbonyl (C=O) groups excluding carboxylic acids is 4. The summed E-state index contributed by atoms with van der Waals surface area (Å²) >= 11 is 11.8. The topological polar surface area (TPSA) is 283 Å². The van der Waals surface area contributed by atoms with Crippen molar-refractivity contribution in [2.24, 2.45) is 0 Å². The van der Waals surface area contributed by atoms with Crippen LogP contribution in [-0.2, 0) is 0 Å². The minimum Gasteiger partial charge on any atom is -0.495 e. The standard InChI is InChI=1S/C29H31NO7.C28H29NO5.2C27H26ClNO5/c1-32-24-11-9-19(7-8-20-16-27(35-4)29(37-6)28(17-20)36-5)15-22(24)30-14-13-23(31)21-10-12-25(33-2)26(18-21)34-3;1-19-6-11-22(12-7-19)24(30)14-15-29-23-16-20(10-13-25(23)31-2)8-9-21-17-26(32-3)28(34-5)27(18-21)33-4;1-31-24-12-7-18(5-6-19-16-25(32-2)27(34-4)26(17-19)33-3)15-22(24)29-14-13-23(30)20-8-10-21(28)11-9-20;1-31-24-11-10-18(8-9-19-15-25(32-2)27(34-4)26(16-19)33-3)14-22(24)29-13-12-23(30)20-6-5-7-21(28)17-20/h7-18,30H,1-6H3;6-18,29H,1-5H3;2*5-17,29H,1-4H3/b8-7-,14-13-;9-8-,15-14-;6-5-,14-13-;9-8-,13-12-. The minimum absolute atomic E-state index is 0.0788. The molecule has 139 heavy (non-hydrogen) atoms. The number of anilines is 4. The van der Waals surface area contributed by atoms with Crippen molar-refractivity contribution < 1.29 is 104 Å². The first-order valence-electron chi connectivity index (χ1n) is 42.8. The third-order valence-corrected chi connectivity index (χ3v) is 21.1. The summed E-state index contributed by atoms with van der Waals surface area (Å²) in [5, 5.41) is 13.6. The van der Waals surface area contributed by atoms with Gasteiger partial charge >= 0.3 is 0 Å². The summed E-state index contributed by atoms with van der Waals surface area (Å²) in [5.74, 6) is 9.85. The number of allylic oxidation sites excluding steroid dienone is 4. The quantitative estimate of drug-likeness (QED) is 0.0157. The fraction of sp³-hybridized carbons (Fsp3) is 0.171. The lowest BCUT2D eigenvalue weighted by molar-refractivity contribution is 0.103. The van der Waals surface area contributed by atoms with E-state index in [-0.39, 0.29) is 23.1 Å². The predicted molar refractivity (Wildman–Crippen MR) is 554 cm³/mol. The number of nitrogens with one attached hydrogen (secondary N) is 4. The number of ether oxygens (including phenoxy) is 18. The van der Waals surface area contributed by atoms with Gasteiger partial charge in [0, 0.05) is 81.4 Å². The van der Waals surface area contributed by atoms with Crippen LogP contribution in [0.3, 0.4) is 0 Å². The summed E-state index contributed by atoms with van der Waals surface area (Å²) in [5.41, 5.74) is 13.4. The number of benzene rings is 12. The number of aryl methyl sites for hydroxylation is 1. The molecule has 0 aliphatic rings. The Kier molecular flexibility index (Phi) is 41.8. The van der Waals surface area contributed by atoms with E-state index in [1.54, 1.807) is 212 Å². The Bertz CT molecular complexity index is 6170. The SMILES string of the molecule is COc1ccc(/C=C\c2cc(OC)c(OC)c(OC)c2)cc1N/C=C\C(=O)c1ccc(C)cc1.COc1ccc(/C=C\c2cc(OC)c(OC)c(OC)c2)cc1N/C=C\C(=O)c1ccc(Cl)cc1.COc1ccc(/C=C\c2cc(OC)c(OC)c(OC)c2)cc1N/C=C\C(=O)c1ccc(OC)c(OC)c1.COc1ccc(/C=C\c2cc(OC)c(OC)c(OC)c2)cc1N/C=C\C(=O)c1cccc(Cl)c1. The predicted octanol–water partition coefficient (Wildman–Crippen LogP) is 24.4. The number of carbonyl (C=O) groups is 4. The molecule has 0 bridgehead atoms. The van der Waals surface area contributed by atoms with E-state index in [1.807, 2.05) is 201 Å². The molecular formula is C111H112Cl2N4O22. The van der Waals surface area contributed by atoms with Gasteiger partial charge in [0.15, 0.2) is 80.6 Å². The molecule has 0 aromatic heterocycles. The van der Waals surface area contributed by atoms with Crippen molar-refractivity contribution in [3.05, 3.63) is 344 Å². The highest BCUT2D eigenvalue weighted by atomic mass is 35.5. The van der Waals surface area contributed by atoms with Gasteiger partial charge in [-0.05, 0) is 203 Å². The monoisotopic (exact) mass is 1920 g/mol. The van der Waals surface area contributed by atoms with Crippen molar-refractivity contribution in [2.75, 3.05) is 149 Å². The Morgan fingerprint density at radius 3 is 0.691 bits per heavy atom. The Morgan fingerprint density at radius 2 is 0.439 bits per heavy atom. The molecule has 12 rings (SSSR count). The van der Waals surface area contributed by atoms with Gasteiger partial charge < -0.3 is 107 Å². The van der Waals surface area contributed by atoms with Crippen LogP contribution in [0, 0.1) is 6.92 Å². The van der Waals surface area contributed by atoms with Gasteiger partial charge in [-0.2, -0.15) is 0 Å². The molecule has 12 aromatic rings. The zero-order valence-electron chi connectivity index (χ0n) is 80.7. The van der Waals surface area contributed by atoms with E-state index in [2.05, 4.69) is 21.3 Å². The molecular weight excluding hydrogens is 1810 g/mol. The summed E-state index contributed by atoms with van der Waals surface area (Å²) in [4.78, 5) is 49.7. The maximum Gasteiger partial charge on any atom is 0.203 e. The number of ketones is 4. The van der Waals surface area contributed by atoms with Gasteiger partial charge in [0.1, 0.15) is 23.0 Å². The van der Waals surface area contributed by atoms with E-state index in [1.165, 1.54) is 31.4 Å². The van der Waals surface area contributed by atoms with E-state index in [4.69, 9.17) is 108 Å². The first kappa shape index (κ1) is 106. The smallest absolute Gasteiger partial charge is 0.203 e. The summed E-state index contributed by atoms with van der Waals surface area (Å²) in [6, 6.07) is 63.8. The average Bonchev–Trinajstić information content (AvgIpc) is 0.830. The zero-order valence-corrected chi connectivity index (χ0v) is 82.2. The molecule has 0 amide bonds. The second kappa shape index (κ2) is 54.7. The largest absolute Gasteiger partial charge is 0.495 e. The lowest BCUT2D eigenvalue weighted by Gasteiger charge is -2.13. The van der Waals surface area contributed by atoms with Crippen molar-refractivity contribution >= 4 is 118 Å². The highest BCUT2D eigenvalue weighted by Gasteiger charge is 2.19. The molecule has 0 unspecified atom stereocenters. The second-order valence-electron chi connectivity index (χ2n) is 29.3. The Morgan fingerprint density at radius 1 is 0.209 bits per heavy atom. The zero-order chi connectivity index (χ0) is 100. The molecule has 722 valence electrons. The number of hydrogen-bond donors (Lipinski definition) is 4. The lowest BCUT2D eigenvalue weighted by Crippen LogP contribution is -1.99. The Balaban J connectivity index is 0.000000207. The molecule has 0 fully saturated rings. The summed E-state index contributed by atoms with van der Waals surface area (Å²) in [6.07, 6.45) is 27.8. The molecule has 12 aromatic carbocycles. The van der Waals surface area contributed by atoms with E-state index < -0.39 is 0 Å². The molecule has 0 aliphatic carbocycles. The van der Waals surface area contributed by atoms with Gasteiger partial charge in [-0.3, -0.25) is 19.2 Å². The van der Waals surface area contributed by atoms with E-state index in [0.29, 0.717) is 147 Å². The number of methoxy groups -OCH3 is 18. The van der Waals surface area contributed by atoms with Gasteiger partial charge in [0.25, 0.3) is 0 Å². The molecule has 0 saturated carbocycles. The van der Waals surface area contributed by atoms with Gasteiger partial charge in [0.05, 0.1) is 151 Å². The maximum atomic E-state index is 12.6. The summed E-state index contributed by atoms with van der Waals surface area (Å²) in [6.45, 7) is 1.99. The van der Waals surface area contributed by atoms with Crippen molar-refractivity contribution in [1.82, 2.24) is 0 Å². The molecule has 28 heteroatoms. The minimum atomic E-state index is -0.189. The first-order valence-corrected chi connectivity index (χ1v) is 43.5. The Labute approximate surface area is 820 Å². The molecule has 0 heterocycles. The molecule has 4 N–H and O–H groups in total. The van der Waals surface area contributed by atoms with Gasteiger partial charge in [0.2, 0.25) is 23.0 Å². The van der Waals surface area contributed by atoms with Crippen molar-refractivity contribution in [3.63, 3.8) is 0 Å².